The third-order valence-corrected chi connectivity index (χ3v) is 4.07. The van der Waals surface area contributed by atoms with Crippen molar-refractivity contribution in [3.05, 3.63) is 0 Å². The van der Waals surface area contributed by atoms with Crippen LogP contribution in [0.25, 0.3) is 0 Å². The van der Waals surface area contributed by atoms with E-state index in [1.807, 2.05) is 7.05 Å². The highest BCUT2D eigenvalue weighted by Crippen LogP contribution is 2.21. The maximum Gasteiger partial charge on any atom is 0.191 e. The van der Waals surface area contributed by atoms with Crippen LogP contribution in [0.1, 0.15) is 53.4 Å². The Hall–Kier alpha value is -0.0800. The molecule has 5 nitrogen and oxygen atoms in total. The molecule has 0 radical (unpaired) electrons. The summed E-state index contributed by atoms with van der Waals surface area (Å²) in [4.78, 5) is 4.29. The second-order valence-electron chi connectivity index (χ2n) is 7.80. The number of nitrogens with one attached hydrogen (secondary N) is 2. The van der Waals surface area contributed by atoms with Gasteiger partial charge in [-0.3, -0.25) is 4.99 Å². The lowest BCUT2D eigenvalue weighted by Gasteiger charge is -2.23. The predicted octanol–water partition coefficient (Wildman–Crippen LogP) is 3.43. The van der Waals surface area contributed by atoms with Crippen LogP contribution >= 0.6 is 24.0 Å². The smallest absolute Gasteiger partial charge is 0.191 e. The summed E-state index contributed by atoms with van der Waals surface area (Å²) in [6.45, 7) is 13.3. The van der Waals surface area contributed by atoms with Crippen molar-refractivity contribution in [1.29, 1.82) is 0 Å². The first-order valence-corrected chi connectivity index (χ1v) is 9.03. The van der Waals surface area contributed by atoms with E-state index in [1.165, 1.54) is 6.42 Å². The Morgan fingerprint density at radius 2 is 2.12 bits per heavy atom. The SMILES string of the molecule is CN=C(NCCCOCC1CCOC1)NC(C)CCC(C)(C)C.I. The van der Waals surface area contributed by atoms with Crippen LogP contribution in [-0.2, 0) is 9.47 Å². The molecule has 0 aromatic carbocycles. The number of hydrogen-bond acceptors (Lipinski definition) is 3. The van der Waals surface area contributed by atoms with Gasteiger partial charge in [0.05, 0.1) is 13.2 Å². The molecule has 0 aromatic rings. The average Bonchev–Trinajstić information content (AvgIpc) is 3.00. The van der Waals surface area contributed by atoms with Gasteiger partial charge < -0.3 is 20.1 Å². The third kappa shape index (κ3) is 12.3. The molecule has 0 aliphatic carbocycles. The van der Waals surface area contributed by atoms with E-state index in [2.05, 4.69) is 43.3 Å². The van der Waals surface area contributed by atoms with Crippen molar-refractivity contribution in [2.45, 2.75) is 59.4 Å². The fraction of sp³-hybridized carbons (Fsp3) is 0.944. The zero-order valence-corrected chi connectivity index (χ0v) is 18.5. The monoisotopic (exact) mass is 455 g/mol. The minimum absolute atomic E-state index is 0. The largest absolute Gasteiger partial charge is 0.381 e. The minimum Gasteiger partial charge on any atom is -0.381 e. The molecular formula is C18H38IN3O2. The van der Waals surface area contributed by atoms with Gasteiger partial charge in [0.2, 0.25) is 0 Å². The summed E-state index contributed by atoms with van der Waals surface area (Å²) in [5.74, 6) is 1.48. The average molecular weight is 455 g/mol. The van der Waals surface area contributed by atoms with Crippen LogP contribution in [0.5, 0.6) is 0 Å². The molecule has 1 heterocycles. The van der Waals surface area contributed by atoms with Crippen molar-refractivity contribution in [2.24, 2.45) is 16.3 Å². The van der Waals surface area contributed by atoms with Crippen LogP contribution in [0.4, 0.5) is 0 Å². The van der Waals surface area contributed by atoms with Crippen LogP contribution in [0.3, 0.4) is 0 Å². The fourth-order valence-electron chi connectivity index (χ4n) is 2.50. The van der Waals surface area contributed by atoms with Crippen LogP contribution in [-0.4, -0.2) is 52.0 Å². The topological polar surface area (TPSA) is 54.9 Å². The van der Waals surface area contributed by atoms with Crippen molar-refractivity contribution >= 4 is 29.9 Å². The summed E-state index contributed by atoms with van der Waals surface area (Å²) in [6.07, 6.45) is 4.49. The zero-order valence-electron chi connectivity index (χ0n) is 16.2. The Bertz CT molecular complexity index is 340. The van der Waals surface area contributed by atoms with Gasteiger partial charge in [-0.2, -0.15) is 0 Å². The molecule has 1 fully saturated rings. The van der Waals surface area contributed by atoms with Gasteiger partial charge in [0.25, 0.3) is 0 Å². The predicted molar refractivity (Wildman–Crippen MR) is 112 cm³/mol. The van der Waals surface area contributed by atoms with Gasteiger partial charge in [-0.25, -0.2) is 0 Å². The second kappa shape index (κ2) is 13.2. The van der Waals surface area contributed by atoms with E-state index in [0.717, 1.165) is 58.2 Å². The lowest BCUT2D eigenvalue weighted by molar-refractivity contribution is 0.0888. The molecule has 2 unspecified atom stereocenters. The summed E-state index contributed by atoms with van der Waals surface area (Å²) in [5.41, 5.74) is 0.384. The molecule has 1 aliphatic rings. The number of guanidine groups is 1. The molecule has 0 aromatic heterocycles. The first kappa shape index (κ1) is 23.9. The van der Waals surface area contributed by atoms with Crippen molar-refractivity contribution in [2.75, 3.05) is 40.0 Å². The molecule has 0 saturated carbocycles. The second-order valence-corrected chi connectivity index (χ2v) is 7.80. The summed E-state index contributed by atoms with van der Waals surface area (Å²) in [5, 5.41) is 6.82. The first-order chi connectivity index (χ1) is 10.9. The van der Waals surface area contributed by atoms with E-state index in [9.17, 15) is 0 Å². The molecule has 6 heteroatoms. The van der Waals surface area contributed by atoms with Crippen molar-refractivity contribution in [1.82, 2.24) is 10.6 Å². The maximum atomic E-state index is 5.71. The molecule has 144 valence electrons. The third-order valence-electron chi connectivity index (χ3n) is 4.07. The number of aliphatic imine (C=N–C) groups is 1. The van der Waals surface area contributed by atoms with E-state index in [4.69, 9.17) is 9.47 Å². The number of nitrogens with zero attached hydrogens (tertiary/aromatic N) is 1. The van der Waals surface area contributed by atoms with E-state index in [1.54, 1.807) is 0 Å². The molecule has 0 amide bonds. The van der Waals surface area contributed by atoms with E-state index >= 15 is 0 Å². The molecule has 1 saturated heterocycles. The van der Waals surface area contributed by atoms with Gasteiger partial charge in [-0.1, -0.05) is 20.8 Å². The molecule has 0 spiro atoms. The molecular weight excluding hydrogens is 417 g/mol. The molecule has 24 heavy (non-hydrogen) atoms. The van der Waals surface area contributed by atoms with Crippen LogP contribution in [0, 0.1) is 11.3 Å². The Morgan fingerprint density at radius 3 is 2.71 bits per heavy atom. The molecule has 0 bridgehead atoms. The highest BCUT2D eigenvalue weighted by molar-refractivity contribution is 14.0. The van der Waals surface area contributed by atoms with Crippen molar-refractivity contribution < 1.29 is 9.47 Å². The highest BCUT2D eigenvalue weighted by atomic mass is 127. The van der Waals surface area contributed by atoms with Gasteiger partial charge in [-0.15, -0.1) is 24.0 Å². The Morgan fingerprint density at radius 1 is 1.38 bits per heavy atom. The Kier molecular flexibility index (Phi) is 13.1. The van der Waals surface area contributed by atoms with Crippen LogP contribution in [0.15, 0.2) is 4.99 Å². The molecule has 1 aliphatic heterocycles. The fourth-order valence-corrected chi connectivity index (χ4v) is 2.50. The normalized spacial score (nSPS) is 19.7. The zero-order chi connectivity index (χ0) is 17.1. The summed E-state index contributed by atoms with van der Waals surface area (Å²) in [7, 11) is 1.82. The van der Waals surface area contributed by atoms with Crippen LogP contribution < -0.4 is 10.6 Å². The quantitative estimate of drug-likeness (QED) is 0.242. The number of rotatable bonds is 9. The van der Waals surface area contributed by atoms with Gasteiger partial charge in [-0.05, 0) is 38.0 Å². The number of halogens is 1. The van der Waals surface area contributed by atoms with Crippen LogP contribution in [0.2, 0.25) is 0 Å². The van der Waals surface area contributed by atoms with Gasteiger partial charge in [0.15, 0.2) is 5.96 Å². The summed E-state index contributed by atoms with van der Waals surface area (Å²) < 4.78 is 11.1. The molecule has 2 atom stereocenters. The van der Waals surface area contributed by atoms with Crippen molar-refractivity contribution in [3.63, 3.8) is 0 Å². The summed E-state index contributed by atoms with van der Waals surface area (Å²) in [6, 6.07) is 0.430. The lowest BCUT2D eigenvalue weighted by Crippen LogP contribution is -2.43. The van der Waals surface area contributed by atoms with E-state index in [-0.39, 0.29) is 24.0 Å². The Balaban J connectivity index is 0.00000529. The number of ether oxygens (including phenoxy) is 2. The van der Waals surface area contributed by atoms with Gasteiger partial charge >= 0.3 is 0 Å². The number of hydrogen-bond donors (Lipinski definition) is 2. The van der Waals surface area contributed by atoms with Gasteiger partial charge in [0, 0.05) is 38.8 Å². The lowest BCUT2D eigenvalue weighted by atomic mass is 9.89. The standard InChI is InChI=1S/C18H37N3O2.HI/c1-15(7-9-18(2,3)4)21-17(19-5)20-10-6-11-22-13-16-8-12-23-14-16;/h15-16H,6-14H2,1-5H3,(H2,19,20,21);1H. The first-order valence-electron chi connectivity index (χ1n) is 9.03. The Labute approximate surface area is 165 Å². The van der Waals surface area contributed by atoms with E-state index < -0.39 is 0 Å². The van der Waals surface area contributed by atoms with Crippen molar-refractivity contribution in [3.8, 4) is 0 Å². The minimum atomic E-state index is 0. The molecule has 1 rings (SSSR count). The highest BCUT2D eigenvalue weighted by Gasteiger charge is 2.15. The summed E-state index contributed by atoms with van der Waals surface area (Å²) >= 11 is 0. The van der Waals surface area contributed by atoms with Gasteiger partial charge in [0.1, 0.15) is 0 Å². The maximum absolute atomic E-state index is 5.71. The van der Waals surface area contributed by atoms with E-state index in [0.29, 0.717) is 17.4 Å². The molecule has 2 N–H and O–H groups in total.